The number of anilines is 1. The summed E-state index contributed by atoms with van der Waals surface area (Å²) in [6, 6.07) is 6.18. The highest BCUT2D eigenvalue weighted by Gasteiger charge is 1.96. The Balaban J connectivity index is 2.75. The van der Waals surface area contributed by atoms with Crippen LogP contribution in [0.5, 0.6) is 0 Å². The molecule has 0 saturated heterocycles. The molecule has 64 valence electrons. The molecule has 0 spiro atoms. The van der Waals surface area contributed by atoms with E-state index in [1.807, 2.05) is 6.08 Å². The zero-order chi connectivity index (χ0) is 8.97. The van der Waals surface area contributed by atoms with Gasteiger partial charge >= 0.3 is 0 Å². The fraction of sp³-hybridized carbons (Fsp3) is 0.111. The first kappa shape index (κ1) is 10.1. The number of hydrogen-bond donors (Lipinski definition) is 1. The van der Waals surface area contributed by atoms with E-state index < -0.39 is 0 Å². The SMILES string of the molecule is C=CCNc1ccc(I)c(Br)c1. The molecule has 3 heteroatoms. The number of nitrogens with one attached hydrogen (secondary N) is 1. The highest BCUT2D eigenvalue weighted by Crippen LogP contribution is 2.22. The number of rotatable bonds is 3. The van der Waals surface area contributed by atoms with E-state index in [-0.39, 0.29) is 0 Å². The molecule has 0 aliphatic rings. The quantitative estimate of drug-likeness (QED) is 0.655. The maximum Gasteiger partial charge on any atom is 0.0354 e. The maximum absolute atomic E-state index is 3.64. The Morgan fingerprint density at radius 1 is 1.58 bits per heavy atom. The van der Waals surface area contributed by atoms with Crippen molar-refractivity contribution in [2.75, 3.05) is 11.9 Å². The third-order valence-corrected chi connectivity index (χ3v) is 3.71. The van der Waals surface area contributed by atoms with E-state index in [9.17, 15) is 0 Å². The van der Waals surface area contributed by atoms with Crippen molar-refractivity contribution in [3.8, 4) is 0 Å². The Hall–Kier alpha value is -0.0300. The summed E-state index contributed by atoms with van der Waals surface area (Å²) in [4.78, 5) is 0. The van der Waals surface area contributed by atoms with E-state index in [0.717, 1.165) is 16.7 Å². The van der Waals surface area contributed by atoms with Crippen LogP contribution >= 0.6 is 38.5 Å². The molecular formula is C9H9BrIN. The molecule has 0 aliphatic heterocycles. The first-order valence-corrected chi connectivity index (χ1v) is 5.41. The highest BCUT2D eigenvalue weighted by atomic mass is 127. The van der Waals surface area contributed by atoms with Crippen LogP contribution in [0.3, 0.4) is 0 Å². The zero-order valence-electron chi connectivity index (χ0n) is 6.48. The Morgan fingerprint density at radius 3 is 2.92 bits per heavy atom. The molecular weight excluding hydrogens is 329 g/mol. The van der Waals surface area contributed by atoms with Crippen molar-refractivity contribution >= 4 is 44.2 Å². The van der Waals surface area contributed by atoms with Crippen molar-refractivity contribution in [1.82, 2.24) is 0 Å². The minimum Gasteiger partial charge on any atom is -0.382 e. The molecule has 0 atom stereocenters. The van der Waals surface area contributed by atoms with Gasteiger partial charge in [0.25, 0.3) is 0 Å². The van der Waals surface area contributed by atoms with Crippen LogP contribution in [-0.2, 0) is 0 Å². The van der Waals surface area contributed by atoms with Crippen molar-refractivity contribution in [2.45, 2.75) is 0 Å². The van der Waals surface area contributed by atoms with E-state index in [4.69, 9.17) is 0 Å². The lowest BCUT2D eigenvalue weighted by Gasteiger charge is -2.04. The van der Waals surface area contributed by atoms with Crippen LogP contribution in [0.15, 0.2) is 35.3 Å². The second-order valence-electron chi connectivity index (χ2n) is 2.30. The first-order chi connectivity index (χ1) is 5.74. The van der Waals surface area contributed by atoms with Gasteiger partial charge in [0.2, 0.25) is 0 Å². The van der Waals surface area contributed by atoms with Gasteiger partial charge in [0, 0.05) is 20.3 Å². The van der Waals surface area contributed by atoms with Crippen LogP contribution in [0.1, 0.15) is 0 Å². The largest absolute Gasteiger partial charge is 0.382 e. The Bertz CT molecular complexity index is 286. The third-order valence-electron chi connectivity index (χ3n) is 1.37. The molecule has 1 aromatic carbocycles. The van der Waals surface area contributed by atoms with E-state index >= 15 is 0 Å². The monoisotopic (exact) mass is 337 g/mol. The van der Waals surface area contributed by atoms with Gasteiger partial charge in [0.1, 0.15) is 0 Å². The molecule has 0 saturated carbocycles. The second kappa shape index (κ2) is 4.87. The maximum atomic E-state index is 3.64. The molecule has 0 amide bonds. The molecule has 1 N–H and O–H groups in total. The normalized spacial score (nSPS) is 9.50. The van der Waals surface area contributed by atoms with Crippen molar-refractivity contribution in [3.05, 3.63) is 38.9 Å². The Morgan fingerprint density at radius 2 is 2.33 bits per heavy atom. The average Bonchev–Trinajstić information content (AvgIpc) is 2.07. The van der Waals surface area contributed by atoms with E-state index in [1.165, 1.54) is 3.57 Å². The van der Waals surface area contributed by atoms with Crippen LogP contribution in [-0.4, -0.2) is 6.54 Å². The van der Waals surface area contributed by atoms with Crippen LogP contribution in [0.25, 0.3) is 0 Å². The highest BCUT2D eigenvalue weighted by molar-refractivity contribution is 14.1. The molecule has 0 aliphatic carbocycles. The van der Waals surface area contributed by atoms with Crippen LogP contribution in [0.2, 0.25) is 0 Å². The summed E-state index contributed by atoms with van der Waals surface area (Å²) in [7, 11) is 0. The van der Waals surface area contributed by atoms with Crippen molar-refractivity contribution in [1.29, 1.82) is 0 Å². The molecule has 1 nitrogen and oxygen atoms in total. The molecule has 0 bridgehead atoms. The Kier molecular flexibility index (Phi) is 4.08. The van der Waals surface area contributed by atoms with E-state index in [1.54, 1.807) is 0 Å². The van der Waals surface area contributed by atoms with Gasteiger partial charge in [-0.05, 0) is 56.7 Å². The van der Waals surface area contributed by atoms with E-state index in [2.05, 4.69) is 68.6 Å². The molecule has 0 fully saturated rings. The zero-order valence-corrected chi connectivity index (χ0v) is 10.2. The topological polar surface area (TPSA) is 12.0 Å². The molecule has 0 unspecified atom stereocenters. The lowest BCUT2D eigenvalue weighted by atomic mass is 10.3. The molecule has 12 heavy (non-hydrogen) atoms. The van der Waals surface area contributed by atoms with Gasteiger partial charge in [0.15, 0.2) is 0 Å². The summed E-state index contributed by atoms with van der Waals surface area (Å²) >= 11 is 5.75. The molecule has 1 rings (SSSR count). The minimum atomic E-state index is 0.799. The van der Waals surface area contributed by atoms with Crippen LogP contribution < -0.4 is 5.32 Å². The predicted octanol–water partition coefficient (Wildman–Crippen LogP) is 3.65. The van der Waals surface area contributed by atoms with E-state index in [0.29, 0.717) is 0 Å². The van der Waals surface area contributed by atoms with Crippen LogP contribution in [0.4, 0.5) is 5.69 Å². The first-order valence-electron chi connectivity index (χ1n) is 3.54. The van der Waals surface area contributed by atoms with Gasteiger partial charge in [-0.3, -0.25) is 0 Å². The minimum absolute atomic E-state index is 0.799. The van der Waals surface area contributed by atoms with Crippen molar-refractivity contribution in [3.63, 3.8) is 0 Å². The second-order valence-corrected chi connectivity index (χ2v) is 4.31. The van der Waals surface area contributed by atoms with Crippen molar-refractivity contribution < 1.29 is 0 Å². The Labute approximate surface area is 94.5 Å². The molecule has 0 radical (unpaired) electrons. The summed E-state index contributed by atoms with van der Waals surface area (Å²) in [5.74, 6) is 0. The smallest absolute Gasteiger partial charge is 0.0354 e. The number of benzene rings is 1. The summed E-state index contributed by atoms with van der Waals surface area (Å²) < 4.78 is 2.34. The van der Waals surface area contributed by atoms with Gasteiger partial charge < -0.3 is 5.32 Å². The van der Waals surface area contributed by atoms with Gasteiger partial charge in [-0.15, -0.1) is 6.58 Å². The van der Waals surface area contributed by atoms with Crippen molar-refractivity contribution in [2.24, 2.45) is 0 Å². The summed E-state index contributed by atoms with van der Waals surface area (Å²) in [6.07, 6.45) is 1.84. The van der Waals surface area contributed by atoms with Gasteiger partial charge in [-0.1, -0.05) is 6.08 Å². The van der Waals surface area contributed by atoms with Gasteiger partial charge in [0.05, 0.1) is 0 Å². The predicted molar refractivity (Wildman–Crippen MR) is 65.5 cm³/mol. The number of hydrogen-bond acceptors (Lipinski definition) is 1. The average molecular weight is 338 g/mol. The summed E-state index contributed by atoms with van der Waals surface area (Å²) in [6.45, 7) is 4.44. The molecule has 1 aromatic rings. The standard InChI is InChI=1S/C9H9BrIN/c1-2-5-12-7-3-4-9(11)8(10)6-7/h2-4,6,12H,1,5H2. The van der Waals surface area contributed by atoms with Crippen LogP contribution in [0, 0.1) is 3.57 Å². The third kappa shape index (κ3) is 2.79. The lowest BCUT2D eigenvalue weighted by molar-refractivity contribution is 1.33. The van der Waals surface area contributed by atoms with Gasteiger partial charge in [-0.25, -0.2) is 0 Å². The molecule has 0 heterocycles. The summed E-state index contributed by atoms with van der Waals surface area (Å²) in [5.41, 5.74) is 1.11. The summed E-state index contributed by atoms with van der Waals surface area (Å²) in [5, 5.41) is 3.21. The fourth-order valence-electron chi connectivity index (χ4n) is 0.796. The fourth-order valence-corrected chi connectivity index (χ4v) is 1.51. The van der Waals surface area contributed by atoms with Gasteiger partial charge in [-0.2, -0.15) is 0 Å². The lowest BCUT2D eigenvalue weighted by Crippen LogP contribution is -1.97. The number of halogens is 2. The molecule has 0 aromatic heterocycles.